The first-order chi connectivity index (χ1) is 10.1. The second kappa shape index (κ2) is 6.04. The second-order valence-electron chi connectivity index (χ2n) is 4.09. The second-order valence-corrected chi connectivity index (χ2v) is 4.09. The molecule has 0 aliphatic carbocycles. The van der Waals surface area contributed by atoms with E-state index >= 15 is 0 Å². The molecule has 1 heterocycles. The van der Waals surface area contributed by atoms with Crippen LogP contribution < -0.4 is 20.7 Å². The van der Waals surface area contributed by atoms with Crippen molar-refractivity contribution in [1.82, 2.24) is 14.9 Å². The molecule has 21 heavy (non-hydrogen) atoms. The molecule has 2 rings (SSSR count). The Morgan fingerprint density at radius 1 is 1.24 bits per heavy atom. The number of benzene rings is 1. The van der Waals surface area contributed by atoms with Gasteiger partial charge in [-0.3, -0.25) is 4.79 Å². The largest absolute Gasteiger partial charge is 0.493 e. The van der Waals surface area contributed by atoms with Gasteiger partial charge in [-0.05, 0) is 30.7 Å². The van der Waals surface area contributed by atoms with Crippen LogP contribution in [-0.4, -0.2) is 35.3 Å². The maximum absolute atomic E-state index is 11.8. The third-order valence-electron chi connectivity index (χ3n) is 2.74. The molecule has 1 N–H and O–H groups in total. The molecule has 8 nitrogen and oxygen atoms in total. The molecule has 1 aromatic carbocycles. The predicted octanol–water partition coefficient (Wildman–Crippen LogP) is 0.139. The molecule has 0 unspecified atom stereocenters. The van der Waals surface area contributed by atoms with Crippen LogP contribution in [0.15, 0.2) is 32.9 Å². The van der Waals surface area contributed by atoms with E-state index in [1.54, 1.807) is 18.2 Å². The van der Waals surface area contributed by atoms with E-state index in [9.17, 15) is 9.59 Å². The van der Waals surface area contributed by atoms with E-state index in [1.807, 2.05) is 0 Å². The third-order valence-corrected chi connectivity index (χ3v) is 2.74. The van der Waals surface area contributed by atoms with Gasteiger partial charge in [-0.2, -0.15) is 10.2 Å². The zero-order chi connectivity index (χ0) is 15.4. The van der Waals surface area contributed by atoms with E-state index in [0.29, 0.717) is 21.7 Å². The summed E-state index contributed by atoms with van der Waals surface area (Å²) in [5.41, 5.74) is -0.481. The average Bonchev–Trinajstić information content (AvgIpc) is 2.50. The van der Waals surface area contributed by atoms with Crippen LogP contribution in [0.3, 0.4) is 0 Å². The summed E-state index contributed by atoms with van der Waals surface area (Å²) in [6, 6.07) is 5.10. The maximum Gasteiger partial charge on any atom is 0.365 e. The van der Waals surface area contributed by atoms with Gasteiger partial charge in [0.05, 0.1) is 20.4 Å². The average molecular weight is 290 g/mol. The fourth-order valence-electron chi connectivity index (χ4n) is 1.63. The molecule has 8 heteroatoms. The van der Waals surface area contributed by atoms with Crippen molar-refractivity contribution in [3.05, 3.63) is 50.3 Å². The first kappa shape index (κ1) is 14.5. The van der Waals surface area contributed by atoms with Crippen LogP contribution in [0.2, 0.25) is 0 Å². The quantitative estimate of drug-likeness (QED) is 0.807. The lowest BCUT2D eigenvalue weighted by Crippen LogP contribution is -2.35. The van der Waals surface area contributed by atoms with Crippen molar-refractivity contribution in [3.63, 3.8) is 0 Å². The maximum atomic E-state index is 11.8. The highest BCUT2D eigenvalue weighted by Crippen LogP contribution is 2.26. The van der Waals surface area contributed by atoms with Gasteiger partial charge in [-0.15, -0.1) is 4.68 Å². The van der Waals surface area contributed by atoms with E-state index in [2.05, 4.69) is 15.3 Å². The summed E-state index contributed by atoms with van der Waals surface area (Å²) in [5, 5.41) is 9.61. The number of nitrogens with one attached hydrogen (secondary N) is 1. The molecule has 0 saturated carbocycles. The highest BCUT2D eigenvalue weighted by Gasteiger charge is 2.05. The van der Waals surface area contributed by atoms with E-state index in [1.165, 1.54) is 27.4 Å². The lowest BCUT2D eigenvalue weighted by molar-refractivity contribution is 0.355. The van der Waals surface area contributed by atoms with Crippen LogP contribution in [-0.2, 0) is 0 Å². The molecule has 0 bridgehead atoms. The summed E-state index contributed by atoms with van der Waals surface area (Å²) in [6.45, 7) is 1.49. The SMILES string of the molecule is COc1ccc(/C=N/n2c(=O)[nH]nc(C)c2=O)cc1OC. The van der Waals surface area contributed by atoms with Crippen LogP contribution in [0.4, 0.5) is 0 Å². The van der Waals surface area contributed by atoms with Crippen molar-refractivity contribution < 1.29 is 9.47 Å². The van der Waals surface area contributed by atoms with Gasteiger partial charge in [0.25, 0.3) is 5.56 Å². The highest BCUT2D eigenvalue weighted by atomic mass is 16.5. The van der Waals surface area contributed by atoms with Gasteiger partial charge in [0.15, 0.2) is 11.5 Å². The van der Waals surface area contributed by atoms with Crippen LogP contribution in [0.25, 0.3) is 0 Å². The van der Waals surface area contributed by atoms with Crippen molar-refractivity contribution in [3.8, 4) is 11.5 Å². The number of aromatic nitrogens is 3. The summed E-state index contributed by atoms with van der Waals surface area (Å²) >= 11 is 0. The molecule has 0 atom stereocenters. The summed E-state index contributed by atoms with van der Waals surface area (Å²) in [7, 11) is 3.05. The Bertz CT molecular complexity index is 791. The van der Waals surface area contributed by atoms with Gasteiger partial charge in [0.1, 0.15) is 5.69 Å². The number of aryl methyl sites for hydroxylation is 1. The van der Waals surface area contributed by atoms with E-state index in [4.69, 9.17) is 9.47 Å². The number of hydrogen-bond acceptors (Lipinski definition) is 6. The number of H-pyrrole nitrogens is 1. The van der Waals surface area contributed by atoms with Crippen LogP contribution in [0, 0.1) is 6.92 Å². The van der Waals surface area contributed by atoms with E-state index < -0.39 is 11.2 Å². The molecular formula is C13H14N4O4. The van der Waals surface area contributed by atoms with Crippen molar-refractivity contribution in [1.29, 1.82) is 0 Å². The third kappa shape index (κ3) is 2.99. The fourth-order valence-corrected chi connectivity index (χ4v) is 1.63. The zero-order valence-corrected chi connectivity index (χ0v) is 11.8. The van der Waals surface area contributed by atoms with Gasteiger partial charge in [-0.25, -0.2) is 9.89 Å². The van der Waals surface area contributed by atoms with Crippen molar-refractivity contribution in [2.75, 3.05) is 14.2 Å². The molecule has 0 saturated heterocycles. The fraction of sp³-hybridized carbons (Fsp3) is 0.231. The number of nitrogens with zero attached hydrogens (tertiary/aromatic N) is 3. The van der Waals surface area contributed by atoms with Crippen LogP contribution in [0.5, 0.6) is 11.5 Å². The lowest BCUT2D eigenvalue weighted by atomic mass is 10.2. The Labute approximate surface area is 119 Å². The molecule has 2 aromatic rings. The highest BCUT2D eigenvalue weighted by molar-refractivity contribution is 5.80. The van der Waals surface area contributed by atoms with Gasteiger partial charge in [-0.1, -0.05) is 0 Å². The molecule has 0 aliphatic heterocycles. The number of ether oxygens (including phenoxy) is 2. The monoisotopic (exact) mass is 290 g/mol. The van der Waals surface area contributed by atoms with Gasteiger partial charge >= 0.3 is 5.69 Å². The standard InChI is InChI=1S/C13H14N4O4/c1-8-12(18)17(13(19)16-15-8)14-7-9-4-5-10(20-2)11(6-9)21-3/h4-7H,1-3H3,(H,16,19)/b14-7+. The number of rotatable bonds is 4. The Hall–Kier alpha value is -2.90. The van der Waals surface area contributed by atoms with Gasteiger partial charge < -0.3 is 9.47 Å². The smallest absolute Gasteiger partial charge is 0.365 e. The minimum Gasteiger partial charge on any atom is -0.493 e. The van der Waals surface area contributed by atoms with Crippen molar-refractivity contribution >= 4 is 6.21 Å². The van der Waals surface area contributed by atoms with Gasteiger partial charge in [0.2, 0.25) is 0 Å². The minimum absolute atomic E-state index is 0.152. The molecule has 0 radical (unpaired) electrons. The Morgan fingerprint density at radius 2 is 1.95 bits per heavy atom. The molecular weight excluding hydrogens is 276 g/mol. The molecule has 0 spiro atoms. The summed E-state index contributed by atoms with van der Waals surface area (Å²) < 4.78 is 11.0. The lowest BCUT2D eigenvalue weighted by Gasteiger charge is -2.07. The minimum atomic E-state index is -0.706. The predicted molar refractivity (Wildman–Crippen MR) is 76.4 cm³/mol. The molecule has 1 aromatic heterocycles. The molecule has 0 fully saturated rings. The molecule has 0 aliphatic rings. The Balaban J connectivity index is 2.41. The molecule has 0 amide bonds. The number of aromatic amines is 1. The zero-order valence-electron chi connectivity index (χ0n) is 11.8. The van der Waals surface area contributed by atoms with E-state index in [0.717, 1.165) is 0 Å². The summed E-state index contributed by atoms with van der Waals surface area (Å²) in [6.07, 6.45) is 1.37. The first-order valence-corrected chi connectivity index (χ1v) is 6.01. The first-order valence-electron chi connectivity index (χ1n) is 6.01. The van der Waals surface area contributed by atoms with E-state index in [-0.39, 0.29) is 5.69 Å². The number of methoxy groups -OCH3 is 2. The van der Waals surface area contributed by atoms with Crippen LogP contribution >= 0.6 is 0 Å². The Kier molecular flexibility index (Phi) is 4.17. The van der Waals surface area contributed by atoms with Crippen LogP contribution in [0.1, 0.15) is 11.3 Å². The topological polar surface area (TPSA) is 98.6 Å². The Morgan fingerprint density at radius 3 is 2.62 bits per heavy atom. The van der Waals surface area contributed by atoms with Crippen molar-refractivity contribution in [2.45, 2.75) is 6.92 Å². The summed E-state index contributed by atoms with van der Waals surface area (Å²) in [5.74, 6) is 1.10. The summed E-state index contributed by atoms with van der Waals surface area (Å²) in [4.78, 5) is 23.3. The normalized spacial score (nSPS) is 10.8. The van der Waals surface area contributed by atoms with Crippen molar-refractivity contribution in [2.24, 2.45) is 5.10 Å². The van der Waals surface area contributed by atoms with Gasteiger partial charge in [0, 0.05) is 0 Å². The number of hydrogen-bond donors (Lipinski definition) is 1. The molecule has 110 valence electrons.